The van der Waals surface area contributed by atoms with E-state index in [9.17, 15) is 9.59 Å². The van der Waals surface area contributed by atoms with Crippen molar-refractivity contribution in [3.8, 4) is 5.75 Å². The summed E-state index contributed by atoms with van der Waals surface area (Å²) in [5.74, 6) is -1.05. The maximum Gasteiger partial charge on any atom is 0.337 e. The number of carbonyl (C=O) groups is 2. The first-order valence-corrected chi connectivity index (χ1v) is 7.13. The molecule has 2 N–H and O–H groups in total. The second-order valence-electron chi connectivity index (χ2n) is 4.78. The van der Waals surface area contributed by atoms with E-state index in [4.69, 9.17) is 19.7 Å². The van der Waals surface area contributed by atoms with Crippen molar-refractivity contribution in [3.63, 3.8) is 0 Å². The predicted octanol–water partition coefficient (Wildman–Crippen LogP) is 2.78. The molecule has 0 bridgehead atoms. The van der Waals surface area contributed by atoms with Gasteiger partial charge in [0.25, 0.3) is 0 Å². The number of methoxy groups -OCH3 is 2. The van der Waals surface area contributed by atoms with Crippen LogP contribution in [0.4, 0.5) is 0 Å². The first kappa shape index (κ1) is 19.2. The first-order valence-electron chi connectivity index (χ1n) is 7.13. The van der Waals surface area contributed by atoms with E-state index in [1.54, 1.807) is 55.6 Å². The van der Waals surface area contributed by atoms with Crippen LogP contribution >= 0.6 is 0 Å². The average molecular weight is 332 g/mol. The van der Waals surface area contributed by atoms with E-state index in [1.807, 2.05) is 6.07 Å². The summed E-state index contributed by atoms with van der Waals surface area (Å²) < 4.78 is 9.72. The average Bonchev–Trinajstić information content (AvgIpc) is 2.57. The molecule has 1 unspecified atom stereocenters. The summed E-state index contributed by atoms with van der Waals surface area (Å²) >= 11 is 0. The molecule has 0 radical (unpaired) electrons. The smallest absolute Gasteiger partial charge is 0.337 e. The van der Waals surface area contributed by atoms with Crippen molar-refractivity contribution in [1.29, 1.82) is 0 Å². The van der Waals surface area contributed by atoms with E-state index < -0.39 is 18.0 Å². The molecular weight excluding hydrogens is 312 g/mol. The largest absolute Gasteiger partial charge is 0.497 e. The van der Waals surface area contributed by atoms with Gasteiger partial charge in [0.05, 0.1) is 13.5 Å². The third-order valence-electron chi connectivity index (χ3n) is 3.08. The number of rotatable bonds is 6. The van der Waals surface area contributed by atoms with Crippen LogP contribution in [0.5, 0.6) is 5.75 Å². The Kier molecular flexibility index (Phi) is 8.01. The fraction of sp³-hybridized carbons (Fsp3) is 0.222. The Morgan fingerprint density at radius 1 is 0.958 bits per heavy atom. The lowest BCUT2D eigenvalue weighted by Crippen LogP contribution is -2.12. The highest BCUT2D eigenvalue weighted by Crippen LogP contribution is 2.15. The highest BCUT2D eigenvalue weighted by atomic mass is 16.5. The van der Waals surface area contributed by atoms with Crippen molar-refractivity contribution >= 4 is 11.9 Å². The molecule has 0 aromatic heterocycles. The van der Waals surface area contributed by atoms with E-state index in [0.29, 0.717) is 5.56 Å². The van der Waals surface area contributed by atoms with Crippen LogP contribution in [0.3, 0.4) is 0 Å². The second kappa shape index (κ2) is 10.0. The minimum atomic E-state index is -0.969. The van der Waals surface area contributed by atoms with Gasteiger partial charge in [0.1, 0.15) is 5.75 Å². The van der Waals surface area contributed by atoms with Gasteiger partial charge >= 0.3 is 11.9 Å². The molecule has 0 aliphatic heterocycles. The number of benzene rings is 2. The van der Waals surface area contributed by atoms with Crippen molar-refractivity contribution in [2.75, 3.05) is 14.2 Å². The number of hydrogen-bond acceptors (Lipinski definition) is 4. The number of carboxylic acids is 2. The van der Waals surface area contributed by atoms with Crippen LogP contribution < -0.4 is 4.74 Å². The first-order chi connectivity index (χ1) is 11.5. The van der Waals surface area contributed by atoms with E-state index in [0.717, 1.165) is 11.3 Å². The minimum Gasteiger partial charge on any atom is -0.497 e. The Bertz CT molecular complexity index is 636. The summed E-state index contributed by atoms with van der Waals surface area (Å²) in [4.78, 5) is 20.9. The Hall–Kier alpha value is -2.86. The number of ether oxygens (including phenoxy) is 2. The summed E-state index contributed by atoms with van der Waals surface area (Å²) in [5, 5.41) is 17.2. The summed E-state index contributed by atoms with van der Waals surface area (Å²) in [6.45, 7) is 0. The van der Waals surface area contributed by atoms with Crippen LogP contribution in [0.1, 0.15) is 17.2 Å². The lowest BCUT2D eigenvalue weighted by atomic mass is 10.1. The van der Waals surface area contributed by atoms with Gasteiger partial charge in [-0.25, -0.2) is 4.79 Å². The molecule has 128 valence electrons. The molecule has 0 saturated carbocycles. The number of carboxylic acid groups (broad SMARTS) is 2. The Morgan fingerprint density at radius 3 is 1.96 bits per heavy atom. The van der Waals surface area contributed by atoms with Crippen molar-refractivity contribution in [2.45, 2.75) is 12.5 Å². The van der Waals surface area contributed by atoms with Gasteiger partial charge in [-0.15, -0.1) is 0 Å². The molecule has 0 heterocycles. The molecule has 6 heteroatoms. The molecule has 24 heavy (non-hydrogen) atoms. The molecule has 0 aliphatic carbocycles. The summed E-state index contributed by atoms with van der Waals surface area (Å²) in [6.07, 6.45) is -0.796. The Balaban J connectivity index is 0.000000240. The molecule has 1 atom stereocenters. The van der Waals surface area contributed by atoms with Crippen molar-refractivity contribution in [2.24, 2.45) is 0 Å². The zero-order valence-electron chi connectivity index (χ0n) is 13.5. The van der Waals surface area contributed by atoms with Crippen LogP contribution in [0, 0.1) is 0 Å². The fourth-order valence-corrected chi connectivity index (χ4v) is 1.93. The molecule has 2 aromatic rings. The quantitative estimate of drug-likeness (QED) is 0.845. The highest BCUT2D eigenvalue weighted by molar-refractivity contribution is 5.74. The van der Waals surface area contributed by atoms with Gasteiger partial charge in [0.15, 0.2) is 6.10 Å². The van der Waals surface area contributed by atoms with Gasteiger partial charge in [-0.1, -0.05) is 42.5 Å². The SMILES string of the molecule is COC(C(=O)O)c1ccccc1.COc1ccc(CC(=O)O)cc1. The summed E-state index contributed by atoms with van der Waals surface area (Å²) in [6, 6.07) is 15.8. The number of aliphatic carboxylic acids is 2. The highest BCUT2D eigenvalue weighted by Gasteiger charge is 2.17. The molecule has 0 saturated heterocycles. The normalized spacial score (nSPS) is 10.9. The topological polar surface area (TPSA) is 93.1 Å². The maximum absolute atomic E-state index is 10.6. The van der Waals surface area contributed by atoms with E-state index in [-0.39, 0.29) is 6.42 Å². The maximum atomic E-state index is 10.6. The molecular formula is C18H20O6. The van der Waals surface area contributed by atoms with Crippen LogP contribution in [0.2, 0.25) is 0 Å². The van der Waals surface area contributed by atoms with Gasteiger partial charge in [0, 0.05) is 7.11 Å². The van der Waals surface area contributed by atoms with Gasteiger partial charge < -0.3 is 19.7 Å². The zero-order chi connectivity index (χ0) is 17.9. The van der Waals surface area contributed by atoms with Crippen molar-refractivity contribution in [1.82, 2.24) is 0 Å². The zero-order valence-corrected chi connectivity index (χ0v) is 13.5. The summed E-state index contributed by atoms with van der Waals surface area (Å²) in [7, 11) is 2.96. The lowest BCUT2D eigenvalue weighted by Gasteiger charge is -2.09. The van der Waals surface area contributed by atoms with Crippen molar-refractivity contribution < 1.29 is 29.3 Å². The minimum absolute atomic E-state index is 0.0595. The van der Waals surface area contributed by atoms with Gasteiger partial charge in [-0.05, 0) is 23.3 Å². The van der Waals surface area contributed by atoms with Gasteiger partial charge in [0.2, 0.25) is 0 Å². The van der Waals surface area contributed by atoms with Crippen LogP contribution in [-0.4, -0.2) is 36.4 Å². The third kappa shape index (κ3) is 6.50. The fourth-order valence-electron chi connectivity index (χ4n) is 1.93. The predicted molar refractivity (Wildman–Crippen MR) is 88.2 cm³/mol. The van der Waals surface area contributed by atoms with Crippen LogP contribution in [0.15, 0.2) is 54.6 Å². The molecule has 2 rings (SSSR count). The van der Waals surface area contributed by atoms with E-state index in [1.165, 1.54) is 7.11 Å². The molecule has 0 spiro atoms. The van der Waals surface area contributed by atoms with Gasteiger partial charge in [-0.3, -0.25) is 4.79 Å². The van der Waals surface area contributed by atoms with Crippen molar-refractivity contribution in [3.05, 3.63) is 65.7 Å². The monoisotopic (exact) mass is 332 g/mol. The lowest BCUT2D eigenvalue weighted by molar-refractivity contribution is -0.148. The Morgan fingerprint density at radius 2 is 1.54 bits per heavy atom. The van der Waals surface area contributed by atoms with E-state index in [2.05, 4.69) is 0 Å². The van der Waals surface area contributed by atoms with Crippen LogP contribution in [-0.2, 0) is 20.7 Å². The van der Waals surface area contributed by atoms with Gasteiger partial charge in [-0.2, -0.15) is 0 Å². The standard InChI is InChI=1S/2C9H10O3/c1-12-8-4-2-7(3-5-8)6-9(10)11;1-12-8(9(10)11)7-5-3-2-4-6-7/h2-5H,6H2,1H3,(H,10,11);2-6,8H,1H3,(H,10,11). The number of hydrogen-bond donors (Lipinski definition) is 2. The molecule has 0 amide bonds. The second-order valence-corrected chi connectivity index (χ2v) is 4.78. The Labute approximate surface area is 140 Å². The molecule has 0 fully saturated rings. The van der Waals surface area contributed by atoms with Crippen LogP contribution in [0.25, 0.3) is 0 Å². The molecule has 6 nitrogen and oxygen atoms in total. The molecule has 2 aromatic carbocycles. The van der Waals surface area contributed by atoms with E-state index >= 15 is 0 Å². The molecule has 0 aliphatic rings. The summed E-state index contributed by atoms with van der Waals surface area (Å²) in [5.41, 5.74) is 1.44. The third-order valence-corrected chi connectivity index (χ3v) is 3.08.